The van der Waals surface area contributed by atoms with Crippen LogP contribution in [0.2, 0.25) is 0 Å². The minimum atomic E-state index is 0.0864. The predicted octanol–water partition coefficient (Wildman–Crippen LogP) is 10.2. The van der Waals surface area contributed by atoms with Gasteiger partial charge in [-0.15, -0.1) is 45.3 Å². The van der Waals surface area contributed by atoms with Gasteiger partial charge in [-0.05, 0) is 233 Å². The van der Waals surface area contributed by atoms with Gasteiger partial charge in [0.15, 0.2) is 23.8 Å². The van der Waals surface area contributed by atoms with Crippen LogP contribution in [0.4, 0.5) is 0 Å². The molecule has 11 aromatic rings. The Balaban J connectivity index is 0.000000213. The molecule has 0 saturated heterocycles. The molecule has 0 unspecified atom stereocenters. The van der Waals surface area contributed by atoms with Crippen molar-refractivity contribution in [1.82, 2.24) is 15.1 Å². The quantitative estimate of drug-likeness (QED) is 0.0160. The van der Waals surface area contributed by atoms with Gasteiger partial charge in [-0.1, -0.05) is 109 Å². The molecule has 20 nitrogen and oxygen atoms in total. The van der Waals surface area contributed by atoms with Gasteiger partial charge in [-0.3, -0.25) is 25.0 Å². The topological polar surface area (TPSA) is 404 Å². The molecule has 6 aromatic carbocycles. The molecule has 0 aliphatic heterocycles. The van der Waals surface area contributed by atoms with E-state index in [1.165, 1.54) is 83.5 Å². The molecule has 5 heterocycles. The number of nitrogens with one attached hydrogen (secondary N) is 1. The van der Waals surface area contributed by atoms with Gasteiger partial charge in [0.2, 0.25) is 5.96 Å². The number of aliphatic imine (C=N–C) groups is 5. The van der Waals surface area contributed by atoms with E-state index in [-0.39, 0.29) is 23.8 Å². The molecule has 11 rings (SSSR count). The van der Waals surface area contributed by atoms with Crippen LogP contribution >= 0.6 is 45.3 Å². The number of thiophene rings is 4. The van der Waals surface area contributed by atoms with Crippen LogP contribution in [0.1, 0.15) is 44.5 Å². The summed E-state index contributed by atoms with van der Waals surface area (Å²) in [4.78, 5) is 30.4. The first-order valence-electron chi connectivity index (χ1n) is 33.8. The van der Waals surface area contributed by atoms with Crippen molar-refractivity contribution in [2.45, 2.75) is 51.4 Å². The van der Waals surface area contributed by atoms with Gasteiger partial charge in [-0.25, -0.2) is 4.68 Å². The summed E-state index contributed by atoms with van der Waals surface area (Å²) in [7, 11) is 3.53. The highest BCUT2D eigenvalue weighted by molar-refractivity contribution is 7.20. The molecule has 0 fully saturated rings. The number of nitrogens with two attached hydrogens (primary N) is 12. The van der Waals surface area contributed by atoms with Crippen LogP contribution in [0, 0.1) is 0 Å². The van der Waals surface area contributed by atoms with E-state index < -0.39 is 0 Å². The highest BCUT2D eigenvalue weighted by Gasteiger charge is 2.16. The molecule has 5 aromatic heterocycles. The Labute approximate surface area is 614 Å². The molecule has 0 radical (unpaired) electrons. The van der Waals surface area contributed by atoms with Gasteiger partial charge < -0.3 is 74.1 Å². The lowest BCUT2D eigenvalue weighted by atomic mass is 10.0. The maximum absolute atomic E-state index is 5.86. The number of guanidine groups is 4. The first kappa shape index (κ1) is 75.9. The third kappa shape index (κ3) is 22.6. The standard InChI is InChI=1S/C38H46N12S2.C34H38N4S2.C6H10N4/c39-35(40)47-12-8-23-16-24(9-13-48-36(41)42)19-29(18-23)33-6-4-31(51-33)27-2-1-3-28(22-27)32-5-7-34(52-32)30-20-25(10-14-49-37(43)44)17-26(21-30)11-15-50-38(45)46;35-12-8-23-16-24(9-13-36)19-29(18-23)33-6-4-31(39-33)27-2-1-3-28(22-27)32-5-7-34(40-32)30-20-25(10-14-37)17-26(21-30)11-15-38;1-7-6(8-2)10-5-3-4-9-10/h1-7,16-22H,8-15H2,(H4,39,40,47)(H4,41,42,48)(H4,43,44,49)(H4,45,46,50);1-7,16-22H,8-15,35-38H2;3-5H,1-2H3,(H,7,8). The van der Waals surface area contributed by atoms with Crippen molar-refractivity contribution >= 4 is 75.1 Å². The van der Waals surface area contributed by atoms with Crippen molar-refractivity contribution in [3.05, 3.63) is 233 Å². The lowest BCUT2D eigenvalue weighted by molar-refractivity contribution is 0.875. The molecule has 530 valence electrons. The van der Waals surface area contributed by atoms with E-state index in [9.17, 15) is 0 Å². The molecule has 0 amide bonds. The van der Waals surface area contributed by atoms with E-state index in [1.54, 1.807) is 40.6 Å². The molecule has 0 aliphatic rings. The zero-order valence-corrected chi connectivity index (χ0v) is 61.2. The summed E-state index contributed by atoms with van der Waals surface area (Å²) in [5.41, 5.74) is 87.2. The van der Waals surface area contributed by atoms with Crippen LogP contribution in [0.25, 0.3) is 83.5 Å². The summed E-state index contributed by atoms with van der Waals surface area (Å²) in [6.45, 7) is 4.63. The largest absolute Gasteiger partial charge is 0.370 e. The van der Waals surface area contributed by atoms with Gasteiger partial charge in [0.05, 0.1) is 0 Å². The molecule has 0 atom stereocenters. The number of hydrogen-bond donors (Lipinski definition) is 13. The molecule has 102 heavy (non-hydrogen) atoms. The van der Waals surface area contributed by atoms with E-state index in [1.807, 2.05) is 42.0 Å². The molecule has 0 saturated carbocycles. The molecule has 24 heteroatoms. The highest BCUT2D eigenvalue weighted by Crippen LogP contribution is 2.42. The fraction of sp³-hybridized carbons (Fsp3) is 0.231. The average molecular weight is 1440 g/mol. The first-order chi connectivity index (χ1) is 49.5. The molecular formula is C78H94N20S4. The summed E-state index contributed by atoms with van der Waals surface area (Å²) in [6.07, 6.45) is 9.90. The molecular weight excluding hydrogens is 1350 g/mol. The zero-order chi connectivity index (χ0) is 72.3. The molecule has 0 bridgehead atoms. The third-order valence-electron chi connectivity index (χ3n) is 16.3. The first-order valence-corrected chi connectivity index (χ1v) is 37.1. The second kappa shape index (κ2) is 38.5. The summed E-state index contributed by atoms with van der Waals surface area (Å²) in [5.74, 6) is 1.09. The maximum Gasteiger partial charge on any atom is 0.218 e. The van der Waals surface area contributed by atoms with Crippen molar-refractivity contribution in [2.75, 3.05) is 66.5 Å². The summed E-state index contributed by atoms with van der Waals surface area (Å²) in [5, 5.41) is 6.89. The number of hydrogen-bond acceptors (Lipinski definition) is 14. The minimum absolute atomic E-state index is 0.0864. The van der Waals surface area contributed by atoms with Gasteiger partial charge in [0.25, 0.3) is 0 Å². The Hall–Kier alpha value is -10.3. The predicted molar refractivity (Wildman–Crippen MR) is 436 cm³/mol. The van der Waals surface area contributed by atoms with Crippen molar-refractivity contribution in [2.24, 2.45) is 93.8 Å². The second-order valence-electron chi connectivity index (χ2n) is 24.1. The average Bonchev–Trinajstić information content (AvgIpc) is 1.66. The van der Waals surface area contributed by atoms with Crippen molar-refractivity contribution in [3.63, 3.8) is 0 Å². The van der Waals surface area contributed by atoms with Crippen molar-refractivity contribution < 1.29 is 0 Å². The van der Waals surface area contributed by atoms with Crippen LogP contribution in [0.15, 0.2) is 213 Å². The Morgan fingerprint density at radius 2 is 0.578 bits per heavy atom. The van der Waals surface area contributed by atoms with Crippen LogP contribution in [-0.2, 0) is 51.4 Å². The van der Waals surface area contributed by atoms with Crippen LogP contribution in [0.3, 0.4) is 0 Å². The van der Waals surface area contributed by atoms with Gasteiger partial charge in [0, 0.05) is 91.7 Å². The van der Waals surface area contributed by atoms with Gasteiger partial charge in [0.1, 0.15) is 0 Å². The second-order valence-corrected chi connectivity index (χ2v) is 28.4. The van der Waals surface area contributed by atoms with E-state index in [0.717, 1.165) is 76.2 Å². The Morgan fingerprint density at radius 3 is 0.784 bits per heavy atom. The molecule has 0 spiro atoms. The summed E-state index contributed by atoms with van der Waals surface area (Å²) >= 11 is 7.18. The lowest BCUT2D eigenvalue weighted by Crippen LogP contribution is -2.26. The van der Waals surface area contributed by atoms with Crippen LogP contribution in [0.5, 0.6) is 0 Å². The minimum Gasteiger partial charge on any atom is -0.370 e. The smallest absolute Gasteiger partial charge is 0.218 e. The third-order valence-corrected chi connectivity index (χ3v) is 21.0. The van der Waals surface area contributed by atoms with E-state index in [0.29, 0.717) is 78.0 Å². The number of aromatic nitrogens is 2. The molecule has 25 N–H and O–H groups in total. The van der Waals surface area contributed by atoms with Crippen molar-refractivity contribution in [3.8, 4) is 83.5 Å². The fourth-order valence-electron chi connectivity index (χ4n) is 11.7. The maximum atomic E-state index is 5.86. The highest BCUT2D eigenvalue weighted by atomic mass is 32.1. The van der Waals surface area contributed by atoms with Crippen LogP contribution < -0.4 is 74.1 Å². The number of nitrogens with zero attached hydrogens (tertiary/aromatic N) is 7. The van der Waals surface area contributed by atoms with Crippen LogP contribution in [-0.4, -0.2) is 106 Å². The van der Waals surface area contributed by atoms with Gasteiger partial charge >= 0.3 is 0 Å². The number of rotatable bonds is 28. The van der Waals surface area contributed by atoms with E-state index in [2.05, 4.69) is 205 Å². The molecule has 0 aliphatic carbocycles. The zero-order valence-electron chi connectivity index (χ0n) is 57.9. The normalized spacial score (nSPS) is 11.1. The SMILES string of the molecule is CN=C(NC)n1cccn1.NC(N)=NCCc1cc(CCN=C(N)N)cc(-c2ccc(-c3cccc(-c4ccc(-c5cc(CCN=C(N)N)cc(CCN=C(N)N)c5)s4)c3)s2)c1.NCCc1cc(CCN)cc(-c2ccc(-c3cccc(-c4ccc(-c5cc(CCN)cc(CCN)c5)s4)c3)s2)c1. The van der Waals surface area contributed by atoms with Gasteiger partial charge in [-0.2, -0.15) is 5.10 Å². The summed E-state index contributed by atoms with van der Waals surface area (Å²) < 4.78 is 1.67. The monoisotopic (exact) mass is 1440 g/mol. The summed E-state index contributed by atoms with van der Waals surface area (Å²) in [6, 6.07) is 63.8. The van der Waals surface area contributed by atoms with Crippen molar-refractivity contribution in [1.29, 1.82) is 0 Å². The number of benzene rings is 6. The van der Waals surface area contributed by atoms with E-state index in [4.69, 9.17) is 68.8 Å². The Kier molecular flexibility index (Phi) is 28.7. The Bertz CT molecular complexity index is 4260. The fourth-order valence-corrected chi connectivity index (χ4v) is 15.6. The lowest BCUT2D eigenvalue weighted by Gasteiger charge is -2.09. The van der Waals surface area contributed by atoms with E-state index >= 15 is 0 Å². The Morgan fingerprint density at radius 1 is 0.333 bits per heavy atom.